The lowest BCUT2D eigenvalue weighted by Crippen LogP contribution is -2.00. The van der Waals surface area contributed by atoms with Gasteiger partial charge in [-0.05, 0) is 37.1 Å². The predicted molar refractivity (Wildman–Crippen MR) is 118 cm³/mol. The van der Waals surface area contributed by atoms with Gasteiger partial charge in [0.15, 0.2) is 0 Å². The Kier molecular flexibility index (Phi) is 9.34. The molecule has 1 aromatic carbocycles. The summed E-state index contributed by atoms with van der Waals surface area (Å²) in [6, 6.07) is 6.79. The highest BCUT2D eigenvalue weighted by molar-refractivity contribution is 7.15. The summed E-state index contributed by atoms with van der Waals surface area (Å²) in [4.78, 5) is 23.1. The molecule has 8 heteroatoms. The van der Waals surface area contributed by atoms with E-state index >= 15 is 0 Å². The minimum Gasteiger partial charge on any atom is -0.493 e. The van der Waals surface area contributed by atoms with Crippen LogP contribution >= 0.6 is 11.3 Å². The van der Waals surface area contributed by atoms with Gasteiger partial charge in [0, 0.05) is 17.7 Å². The molecule has 1 heterocycles. The van der Waals surface area contributed by atoms with Crippen LogP contribution in [-0.4, -0.2) is 31.2 Å². The van der Waals surface area contributed by atoms with Crippen molar-refractivity contribution in [2.24, 2.45) is 0 Å². The number of nitro groups is 1. The van der Waals surface area contributed by atoms with Crippen molar-refractivity contribution in [3.8, 4) is 11.5 Å². The summed E-state index contributed by atoms with van der Waals surface area (Å²) in [6.07, 6.45) is 7.32. The molecule has 0 N–H and O–H groups in total. The van der Waals surface area contributed by atoms with Gasteiger partial charge in [-0.1, -0.05) is 26.7 Å². The zero-order chi connectivity index (χ0) is 21.9. The molecular formula is C22H27NO6S. The lowest BCUT2D eigenvalue weighted by molar-refractivity contribution is -0.384. The highest BCUT2D eigenvalue weighted by atomic mass is 32.1. The summed E-state index contributed by atoms with van der Waals surface area (Å²) < 4.78 is 16.3. The average Bonchev–Trinajstić information content (AvgIpc) is 3.17. The molecule has 0 spiro atoms. The van der Waals surface area contributed by atoms with E-state index in [4.69, 9.17) is 9.47 Å². The third-order valence-corrected chi connectivity index (χ3v) is 5.31. The Morgan fingerprint density at radius 1 is 1.10 bits per heavy atom. The van der Waals surface area contributed by atoms with Crippen molar-refractivity contribution >= 4 is 35.1 Å². The summed E-state index contributed by atoms with van der Waals surface area (Å²) in [5.74, 6) is 0.781. The fourth-order valence-electron chi connectivity index (χ4n) is 2.55. The Morgan fingerprint density at radius 3 is 2.43 bits per heavy atom. The number of esters is 1. The number of hydrogen-bond acceptors (Lipinski definition) is 7. The Labute approximate surface area is 180 Å². The van der Waals surface area contributed by atoms with Crippen molar-refractivity contribution < 1.29 is 23.9 Å². The molecule has 0 amide bonds. The molecule has 0 radical (unpaired) electrons. The topological polar surface area (TPSA) is 87.9 Å². The van der Waals surface area contributed by atoms with E-state index < -0.39 is 10.9 Å². The van der Waals surface area contributed by atoms with E-state index in [0.717, 1.165) is 48.3 Å². The first kappa shape index (κ1) is 23.4. The summed E-state index contributed by atoms with van der Waals surface area (Å²) >= 11 is 1.02. The number of hydrogen-bond donors (Lipinski definition) is 0. The van der Waals surface area contributed by atoms with Crippen LogP contribution in [0.1, 0.15) is 59.6 Å². The van der Waals surface area contributed by atoms with Crippen LogP contribution in [0.2, 0.25) is 0 Å². The third-order valence-electron chi connectivity index (χ3n) is 4.24. The fraction of sp³-hybridized carbons (Fsp3) is 0.409. The second-order valence-corrected chi connectivity index (χ2v) is 7.63. The van der Waals surface area contributed by atoms with E-state index in [2.05, 4.69) is 18.6 Å². The van der Waals surface area contributed by atoms with E-state index in [9.17, 15) is 14.9 Å². The van der Waals surface area contributed by atoms with E-state index in [1.54, 1.807) is 12.2 Å². The molecule has 0 saturated carbocycles. The molecule has 162 valence electrons. The van der Waals surface area contributed by atoms with Crippen molar-refractivity contribution in [2.45, 2.75) is 39.5 Å². The van der Waals surface area contributed by atoms with Gasteiger partial charge in [-0.3, -0.25) is 10.1 Å². The van der Waals surface area contributed by atoms with Gasteiger partial charge >= 0.3 is 5.97 Å². The molecule has 0 aliphatic carbocycles. The number of thiophene rings is 1. The van der Waals surface area contributed by atoms with Crippen molar-refractivity contribution in [3.05, 3.63) is 49.7 Å². The highest BCUT2D eigenvalue weighted by Gasteiger charge is 2.21. The number of benzene rings is 1. The SMILES string of the molecule is CCCCOc1ccc(/C=C/c2sc(C(=O)OC)cc2[N+](=O)[O-])c(OCCCC)c1. The standard InChI is InChI=1S/C22H27NO6S/c1-4-6-12-28-17-10-8-16(19(14-17)29-13-7-5-2)9-11-20-18(23(25)26)15-21(30-20)22(24)27-3/h8-11,14-15H,4-7,12-13H2,1-3H3/b11-9+. The van der Waals surface area contributed by atoms with Gasteiger partial charge in [0.25, 0.3) is 5.69 Å². The second-order valence-electron chi connectivity index (χ2n) is 6.55. The molecule has 0 unspecified atom stereocenters. The molecule has 0 aliphatic heterocycles. The molecule has 0 atom stereocenters. The van der Waals surface area contributed by atoms with Crippen molar-refractivity contribution in [3.63, 3.8) is 0 Å². The first-order valence-corrected chi connectivity index (χ1v) is 10.8. The molecule has 0 fully saturated rings. The maximum Gasteiger partial charge on any atom is 0.348 e. The molecule has 2 rings (SSSR count). The first-order chi connectivity index (χ1) is 14.5. The average molecular weight is 434 g/mol. The Balaban J connectivity index is 2.30. The van der Waals surface area contributed by atoms with Crippen molar-refractivity contribution in [2.75, 3.05) is 20.3 Å². The number of unbranched alkanes of at least 4 members (excludes halogenated alkanes) is 2. The van der Waals surface area contributed by atoms with Crippen LogP contribution in [-0.2, 0) is 4.74 Å². The molecule has 1 aromatic heterocycles. The molecule has 0 aliphatic rings. The number of carbonyl (C=O) groups is 1. The minimum absolute atomic E-state index is 0.135. The molecule has 7 nitrogen and oxygen atoms in total. The summed E-state index contributed by atoms with van der Waals surface area (Å²) in [6.45, 7) is 5.40. The van der Waals surface area contributed by atoms with E-state index in [1.165, 1.54) is 13.2 Å². The third kappa shape index (κ3) is 6.59. The van der Waals surface area contributed by atoms with Gasteiger partial charge in [-0.15, -0.1) is 11.3 Å². The number of carbonyl (C=O) groups excluding carboxylic acids is 1. The maximum atomic E-state index is 11.7. The van der Waals surface area contributed by atoms with Crippen LogP contribution in [0.15, 0.2) is 24.3 Å². The summed E-state index contributed by atoms with van der Waals surface area (Å²) in [5, 5.41) is 11.4. The second kappa shape index (κ2) is 12.0. The number of nitrogens with zero attached hydrogens (tertiary/aromatic N) is 1. The fourth-order valence-corrected chi connectivity index (χ4v) is 3.50. The largest absolute Gasteiger partial charge is 0.493 e. The van der Waals surface area contributed by atoms with Crippen LogP contribution in [0.4, 0.5) is 5.69 Å². The van der Waals surface area contributed by atoms with Crippen molar-refractivity contribution in [1.29, 1.82) is 0 Å². The Morgan fingerprint density at radius 2 is 1.80 bits per heavy atom. The molecule has 30 heavy (non-hydrogen) atoms. The minimum atomic E-state index is -0.597. The van der Waals surface area contributed by atoms with Gasteiger partial charge < -0.3 is 14.2 Å². The van der Waals surface area contributed by atoms with E-state index in [-0.39, 0.29) is 10.6 Å². The number of rotatable bonds is 12. The van der Waals surface area contributed by atoms with Crippen molar-refractivity contribution in [1.82, 2.24) is 0 Å². The Hall–Kier alpha value is -2.87. The number of methoxy groups -OCH3 is 1. The molecule has 0 bridgehead atoms. The van der Waals surface area contributed by atoms with E-state index in [0.29, 0.717) is 23.8 Å². The Bertz CT molecular complexity index is 890. The summed E-state index contributed by atoms with van der Waals surface area (Å²) in [5.41, 5.74) is 0.640. The quantitative estimate of drug-likeness (QED) is 0.177. The smallest absolute Gasteiger partial charge is 0.348 e. The van der Waals surface area contributed by atoms with Gasteiger partial charge in [0.1, 0.15) is 21.3 Å². The predicted octanol–water partition coefficient (Wildman–Crippen LogP) is 5.97. The van der Waals surface area contributed by atoms with Gasteiger partial charge in [0.2, 0.25) is 0 Å². The van der Waals surface area contributed by atoms with Crippen LogP contribution < -0.4 is 9.47 Å². The highest BCUT2D eigenvalue weighted by Crippen LogP contribution is 2.33. The van der Waals surface area contributed by atoms with Crippen LogP contribution in [0.5, 0.6) is 11.5 Å². The molecular weight excluding hydrogens is 406 g/mol. The zero-order valence-electron chi connectivity index (χ0n) is 17.5. The molecule has 0 saturated heterocycles. The number of ether oxygens (including phenoxy) is 3. The zero-order valence-corrected chi connectivity index (χ0v) is 18.3. The van der Waals surface area contributed by atoms with Gasteiger partial charge in [-0.25, -0.2) is 4.79 Å². The lowest BCUT2D eigenvalue weighted by atomic mass is 10.1. The van der Waals surface area contributed by atoms with Crippen LogP contribution in [0.3, 0.4) is 0 Å². The molecule has 2 aromatic rings. The lowest BCUT2D eigenvalue weighted by Gasteiger charge is -2.12. The first-order valence-electron chi connectivity index (χ1n) is 9.94. The van der Waals surface area contributed by atoms with Gasteiger partial charge in [0.05, 0.1) is 25.2 Å². The van der Waals surface area contributed by atoms with E-state index in [1.807, 2.05) is 18.2 Å². The summed E-state index contributed by atoms with van der Waals surface area (Å²) in [7, 11) is 1.24. The monoisotopic (exact) mass is 433 g/mol. The van der Waals surface area contributed by atoms with Crippen LogP contribution in [0, 0.1) is 10.1 Å². The van der Waals surface area contributed by atoms with Gasteiger partial charge in [-0.2, -0.15) is 0 Å². The normalized spacial score (nSPS) is 10.9. The maximum absolute atomic E-state index is 11.7. The van der Waals surface area contributed by atoms with Crippen LogP contribution in [0.25, 0.3) is 12.2 Å².